The van der Waals surface area contributed by atoms with Crippen LogP contribution < -0.4 is 44.4 Å². The molecule has 0 aliphatic carbocycles. The highest BCUT2D eigenvalue weighted by molar-refractivity contribution is 6.26. The van der Waals surface area contributed by atoms with Gasteiger partial charge < -0.3 is 48.7 Å². The number of aryl methyl sites for hydroxylation is 1. The SMILES string of the molecule is CC[C@H](C(=O)N1CCCC[C@H]1C(=O)O[C@H](CCc1ccc(OC)c(OC)c1)c1cccc(OCC(=O)NCCCCC(=O)Nc2cccc3c2C(=O)N(C2CCC(=O)NC2=O)C3=O)c1)c1cc(OC)c(OC)c(OC)c1. The van der Waals surface area contributed by atoms with Gasteiger partial charge in [0.2, 0.25) is 29.4 Å². The van der Waals surface area contributed by atoms with Crippen molar-refractivity contribution in [2.45, 2.75) is 102 Å². The van der Waals surface area contributed by atoms with Crippen molar-refractivity contribution in [3.8, 4) is 34.5 Å². The highest BCUT2D eigenvalue weighted by atomic mass is 16.5. The highest BCUT2D eigenvalue weighted by Crippen LogP contribution is 2.42. The summed E-state index contributed by atoms with van der Waals surface area (Å²) in [4.78, 5) is 108. The summed E-state index contributed by atoms with van der Waals surface area (Å²) in [5.41, 5.74) is 2.34. The number of methoxy groups -OCH3 is 5. The van der Waals surface area contributed by atoms with Gasteiger partial charge in [-0.1, -0.05) is 31.2 Å². The van der Waals surface area contributed by atoms with Gasteiger partial charge in [-0.05, 0) is 123 Å². The maximum Gasteiger partial charge on any atom is 0.329 e. The second kappa shape index (κ2) is 25.9. The molecule has 20 heteroatoms. The molecule has 20 nitrogen and oxygen atoms in total. The normalized spacial score (nSPS) is 16.9. The zero-order valence-corrected chi connectivity index (χ0v) is 43.7. The molecule has 3 N–H and O–H groups in total. The van der Waals surface area contributed by atoms with Crippen LogP contribution in [0.2, 0.25) is 0 Å². The van der Waals surface area contributed by atoms with Crippen LogP contribution in [-0.2, 0) is 39.9 Å². The maximum atomic E-state index is 14.5. The lowest BCUT2D eigenvalue weighted by Crippen LogP contribution is -2.54. The first kappa shape index (κ1) is 55.6. The van der Waals surface area contributed by atoms with Gasteiger partial charge in [-0.2, -0.15) is 0 Å². The fraction of sp³-hybridized carbons (Fsp3) is 0.429. The number of fused-ring (bicyclic) bond motifs is 1. The molecule has 0 radical (unpaired) electrons. The van der Waals surface area contributed by atoms with Gasteiger partial charge in [-0.15, -0.1) is 0 Å². The molecule has 4 atom stereocenters. The molecule has 1 unspecified atom stereocenters. The predicted octanol–water partition coefficient (Wildman–Crippen LogP) is 6.23. The van der Waals surface area contributed by atoms with Crippen molar-refractivity contribution in [1.82, 2.24) is 20.4 Å². The number of imide groups is 2. The van der Waals surface area contributed by atoms with E-state index in [-0.39, 0.29) is 55.1 Å². The van der Waals surface area contributed by atoms with Crippen molar-refractivity contribution < 1.29 is 71.5 Å². The van der Waals surface area contributed by atoms with E-state index < -0.39 is 65.5 Å². The highest BCUT2D eigenvalue weighted by Gasteiger charge is 2.46. The number of benzene rings is 4. The molecule has 7 rings (SSSR count). The van der Waals surface area contributed by atoms with E-state index in [9.17, 15) is 38.4 Å². The summed E-state index contributed by atoms with van der Waals surface area (Å²) in [6.45, 7) is 2.19. The molecule has 0 saturated carbocycles. The van der Waals surface area contributed by atoms with E-state index in [0.717, 1.165) is 23.3 Å². The number of amides is 7. The Kier molecular flexibility index (Phi) is 18.9. The van der Waals surface area contributed by atoms with Crippen LogP contribution in [0.3, 0.4) is 0 Å². The third-order valence-electron chi connectivity index (χ3n) is 13.8. The molecule has 7 amide bonds. The van der Waals surface area contributed by atoms with Gasteiger partial charge in [0.15, 0.2) is 29.6 Å². The van der Waals surface area contributed by atoms with Gasteiger partial charge in [0, 0.05) is 25.9 Å². The van der Waals surface area contributed by atoms with E-state index >= 15 is 0 Å². The van der Waals surface area contributed by atoms with Crippen LogP contribution in [0.4, 0.5) is 5.69 Å². The van der Waals surface area contributed by atoms with E-state index in [1.165, 1.54) is 39.5 Å². The topological polar surface area (TPSA) is 244 Å². The van der Waals surface area contributed by atoms with Gasteiger partial charge in [0.1, 0.15) is 23.9 Å². The molecular weight excluding hydrogens is 983 g/mol. The Bertz CT molecular complexity index is 2810. The Morgan fingerprint density at radius 3 is 2.18 bits per heavy atom. The summed E-state index contributed by atoms with van der Waals surface area (Å²) in [6.07, 6.45) is 3.17. The zero-order valence-electron chi connectivity index (χ0n) is 43.7. The first-order valence-corrected chi connectivity index (χ1v) is 25.4. The maximum absolute atomic E-state index is 14.5. The summed E-state index contributed by atoms with van der Waals surface area (Å²) >= 11 is 0. The molecule has 4 aromatic carbocycles. The molecule has 4 aromatic rings. The first-order valence-electron chi connectivity index (χ1n) is 25.4. The second-order valence-corrected chi connectivity index (χ2v) is 18.5. The lowest BCUT2D eigenvalue weighted by Gasteiger charge is -2.37. The van der Waals surface area contributed by atoms with Crippen molar-refractivity contribution in [1.29, 1.82) is 0 Å². The Balaban J connectivity index is 0.958. The molecule has 2 saturated heterocycles. The molecule has 3 aliphatic heterocycles. The molecule has 2 fully saturated rings. The molecule has 3 heterocycles. The van der Waals surface area contributed by atoms with Crippen molar-refractivity contribution in [3.63, 3.8) is 0 Å². The molecule has 76 heavy (non-hydrogen) atoms. The number of nitrogens with zero attached hydrogens (tertiary/aromatic N) is 2. The molecule has 404 valence electrons. The summed E-state index contributed by atoms with van der Waals surface area (Å²) in [5, 5.41) is 7.66. The minimum atomic E-state index is -1.14. The van der Waals surface area contributed by atoms with E-state index in [1.807, 2.05) is 31.2 Å². The van der Waals surface area contributed by atoms with Crippen LogP contribution in [0.15, 0.2) is 72.8 Å². The summed E-state index contributed by atoms with van der Waals surface area (Å²) in [7, 11) is 7.65. The third kappa shape index (κ3) is 12.8. The number of piperidine rings is 2. The molecule has 0 bridgehead atoms. The summed E-state index contributed by atoms with van der Waals surface area (Å²) in [5.74, 6) is -2.12. The van der Waals surface area contributed by atoms with Gasteiger partial charge in [-0.25, -0.2) is 4.79 Å². The van der Waals surface area contributed by atoms with Crippen LogP contribution in [0.5, 0.6) is 34.5 Å². The van der Waals surface area contributed by atoms with Crippen molar-refractivity contribution in [2.75, 3.05) is 60.6 Å². The number of nitrogens with one attached hydrogen (secondary N) is 3. The minimum absolute atomic E-state index is 0.00455. The molecule has 0 spiro atoms. The van der Waals surface area contributed by atoms with Gasteiger partial charge in [0.05, 0.1) is 58.3 Å². The fourth-order valence-corrected chi connectivity index (χ4v) is 9.82. The number of likely N-dealkylation sites (tertiary alicyclic amines) is 1. The molecule has 0 aromatic heterocycles. The Morgan fingerprint density at radius 1 is 0.750 bits per heavy atom. The number of hydrogen-bond donors (Lipinski definition) is 3. The number of esters is 1. The monoisotopic (exact) mass is 1050 g/mol. The number of carbonyl (C=O) groups is 8. The Labute approximate surface area is 441 Å². The van der Waals surface area contributed by atoms with E-state index in [2.05, 4.69) is 16.0 Å². The number of carbonyl (C=O) groups excluding carboxylic acids is 8. The number of anilines is 1. The smallest absolute Gasteiger partial charge is 0.329 e. The van der Waals surface area contributed by atoms with Crippen LogP contribution in [0.25, 0.3) is 0 Å². The number of rotatable bonds is 24. The Morgan fingerprint density at radius 2 is 1.49 bits per heavy atom. The second-order valence-electron chi connectivity index (χ2n) is 18.5. The molecular formula is C56H65N5O15. The van der Waals surface area contributed by atoms with Crippen LogP contribution in [0, 0.1) is 0 Å². The van der Waals surface area contributed by atoms with Crippen molar-refractivity contribution >= 4 is 53.0 Å². The number of unbranched alkanes of at least 4 members (excludes halogenated alkanes) is 1. The van der Waals surface area contributed by atoms with Gasteiger partial charge >= 0.3 is 5.97 Å². The van der Waals surface area contributed by atoms with Crippen LogP contribution in [-0.4, -0.2) is 124 Å². The average molecular weight is 1050 g/mol. The standard InChI is InChI=1S/C56H65N5O15/c1-7-37(35-30-45(72-4)51(74-6)46(31-35)73-5)53(66)60-27-11-9-18-41(60)56(69)76-42(23-20-33-21-24-43(70-2)44(28-33)71-3)34-14-12-15-36(29-34)75-32-49(64)57-26-10-8-19-47(62)58-39-17-13-16-38-50(39)55(68)61(54(38)67)40-22-25-48(63)59-52(40)65/h12-17,21,24,28-31,37,40-42H,7-11,18-20,22-23,25-27,32H2,1-6H3,(H,57,64)(H,58,62)(H,59,63,65)/t37-,40?,41-,42+/m0/s1. The molecule has 3 aliphatic rings. The number of ether oxygens (including phenoxy) is 7. The van der Waals surface area contributed by atoms with E-state index in [4.69, 9.17) is 33.2 Å². The third-order valence-corrected chi connectivity index (χ3v) is 13.8. The summed E-state index contributed by atoms with van der Waals surface area (Å²) in [6, 6.07) is 18.6. The number of hydrogen-bond acceptors (Lipinski definition) is 15. The summed E-state index contributed by atoms with van der Waals surface area (Å²) < 4.78 is 40.0. The van der Waals surface area contributed by atoms with Crippen molar-refractivity contribution in [2.24, 2.45) is 0 Å². The zero-order chi connectivity index (χ0) is 54.5. The quantitative estimate of drug-likeness (QED) is 0.0400. The Hall–Kier alpha value is -8.16. The first-order chi connectivity index (χ1) is 36.7. The van der Waals surface area contributed by atoms with E-state index in [0.29, 0.717) is 90.7 Å². The van der Waals surface area contributed by atoms with E-state index in [1.54, 1.807) is 49.5 Å². The minimum Gasteiger partial charge on any atom is -0.493 e. The van der Waals surface area contributed by atoms with Crippen molar-refractivity contribution in [3.05, 3.63) is 101 Å². The average Bonchev–Trinajstić information content (AvgIpc) is 3.69. The van der Waals surface area contributed by atoms with Gasteiger partial charge in [-0.3, -0.25) is 43.8 Å². The largest absolute Gasteiger partial charge is 0.493 e. The van der Waals surface area contributed by atoms with Crippen LogP contribution in [0.1, 0.15) is 121 Å². The lowest BCUT2D eigenvalue weighted by molar-refractivity contribution is -0.162. The van der Waals surface area contributed by atoms with Gasteiger partial charge in [0.25, 0.3) is 17.7 Å². The lowest BCUT2D eigenvalue weighted by atomic mass is 9.91. The fourth-order valence-electron chi connectivity index (χ4n) is 9.82. The predicted molar refractivity (Wildman–Crippen MR) is 276 cm³/mol. The van der Waals surface area contributed by atoms with Crippen LogP contribution >= 0.6 is 0 Å².